The lowest BCUT2D eigenvalue weighted by Crippen LogP contribution is -2.34. The van der Waals surface area contributed by atoms with Gasteiger partial charge in [-0.3, -0.25) is 4.79 Å². The minimum absolute atomic E-state index is 0.0176. The van der Waals surface area contributed by atoms with E-state index in [4.69, 9.17) is 9.47 Å². The van der Waals surface area contributed by atoms with Crippen LogP contribution >= 0.6 is 0 Å². The molecule has 2 aromatic carbocycles. The zero-order chi connectivity index (χ0) is 23.7. The van der Waals surface area contributed by atoms with Crippen LogP contribution in [-0.4, -0.2) is 31.2 Å². The Balaban J connectivity index is 2.21. The van der Waals surface area contributed by atoms with Crippen molar-refractivity contribution in [3.05, 3.63) is 53.6 Å². The van der Waals surface area contributed by atoms with Crippen LogP contribution in [0.25, 0.3) is 0 Å². The average molecular weight is 442 g/mol. The maximum atomic E-state index is 13.0. The maximum absolute atomic E-state index is 13.0. The number of ether oxygens (including phenoxy) is 2. The van der Waals surface area contributed by atoms with Crippen molar-refractivity contribution in [1.29, 1.82) is 0 Å². The third-order valence-corrected chi connectivity index (χ3v) is 4.68. The lowest BCUT2D eigenvalue weighted by Gasteiger charge is -2.24. The van der Waals surface area contributed by atoms with Crippen molar-refractivity contribution < 1.29 is 19.1 Å². The van der Waals surface area contributed by atoms with Crippen molar-refractivity contribution in [1.82, 2.24) is 10.6 Å². The smallest absolute Gasteiger partial charge is 0.319 e. The van der Waals surface area contributed by atoms with Crippen LogP contribution in [-0.2, 0) is 0 Å². The van der Waals surface area contributed by atoms with Crippen LogP contribution < -0.4 is 25.4 Å². The summed E-state index contributed by atoms with van der Waals surface area (Å²) in [7, 11) is 0. The molecule has 0 spiro atoms. The lowest BCUT2D eigenvalue weighted by molar-refractivity contribution is 0.0925. The van der Waals surface area contributed by atoms with E-state index in [1.807, 2.05) is 45.9 Å². The van der Waals surface area contributed by atoms with Crippen LogP contribution in [0.1, 0.15) is 63.5 Å². The van der Waals surface area contributed by atoms with Gasteiger partial charge in [0.2, 0.25) is 0 Å². The van der Waals surface area contributed by atoms with Gasteiger partial charge in [-0.25, -0.2) is 4.79 Å². The number of hydrogen-bond donors (Lipinski definition) is 3. The summed E-state index contributed by atoms with van der Waals surface area (Å²) >= 11 is 0. The van der Waals surface area contributed by atoms with Crippen LogP contribution in [0.15, 0.2) is 42.5 Å². The van der Waals surface area contributed by atoms with Gasteiger partial charge in [0.1, 0.15) is 0 Å². The minimum Gasteiger partial charge on any atom is -0.490 e. The topological polar surface area (TPSA) is 88.7 Å². The highest BCUT2D eigenvalue weighted by atomic mass is 16.5. The second-order valence-corrected chi connectivity index (χ2v) is 8.10. The first kappa shape index (κ1) is 25.0. The van der Waals surface area contributed by atoms with Crippen molar-refractivity contribution in [3.63, 3.8) is 0 Å². The Labute approximate surface area is 190 Å². The van der Waals surface area contributed by atoms with E-state index in [-0.39, 0.29) is 29.9 Å². The molecule has 0 aliphatic rings. The average Bonchev–Trinajstić information content (AvgIpc) is 2.73. The number of carbonyl (C=O) groups is 2. The van der Waals surface area contributed by atoms with Crippen LogP contribution in [0.3, 0.4) is 0 Å². The normalized spacial score (nSPS) is 11.8. The molecule has 7 heteroatoms. The Kier molecular flexibility index (Phi) is 9.38. The molecule has 1 atom stereocenters. The summed E-state index contributed by atoms with van der Waals surface area (Å²) in [6, 6.07) is 12.1. The molecule has 1 unspecified atom stereocenters. The fourth-order valence-electron chi connectivity index (χ4n) is 3.29. The summed E-state index contributed by atoms with van der Waals surface area (Å²) in [5.74, 6) is 1.27. The van der Waals surface area contributed by atoms with Crippen LogP contribution in [0.5, 0.6) is 11.5 Å². The number of urea groups is 1. The number of hydrogen-bond acceptors (Lipinski definition) is 4. The molecule has 0 saturated heterocycles. The van der Waals surface area contributed by atoms with Gasteiger partial charge >= 0.3 is 6.03 Å². The summed E-state index contributed by atoms with van der Waals surface area (Å²) in [4.78, 5) is 25.0. The molecule has 2 aromatic rings. The first-order valence-electron chi connectivity index (χ1n) is 11.1. The van der Waals surface area contributed by atoms with Gasteiger partial charge in [-0.1, -0.05) is 26.0 Å². The number of nitrogens with one attached hydrogen (secondary N) is 3. The highest BCUT2D eigenvalue weighted by Gasteiger charge is 2.21. The fraction of sp³-hybridized carbons (Fsp3) is 0.440. The van der Waals surface area contributed by atoms with E-state index in [1.54, 1.807) is 24.3 Å². The van der Waals surface area contributed by atoms with Gasteiger partial charge in [0.15, 0.2) is 11.5 Å². The monoisotopic (exact) mass is 441 g/mol. The molecule has 0 radical (unpaired) electrons. The maximum Gasteiger partial charge on any atom is 0.319 e. The number of anilines is 1. The van der Waals surface area contributed by atoms with E-state index in [1.165, 1.54) is 0 Å². The van der Waals surface area contributed by atoms with Gasteiger partial charge in [0, 0.05) is 17.3 Å². The molecule has 174 valence electrons. The Morgan fingerprint density at radius 2 is 1.56 bits per heavy atom. The predicted molar refractivity (Wildman–Crippen MR) is 128 cm³/mol. The molecule has 3 amide bonds. The molecule has 3 N–H and O–H groups in total. The van der Waals surface area contributed by atoms with Crippen LogP contribution in [0, 0.1) is 5.92 Å². The molecule has 32 heavy (non-hydrogen) atoms. The van der Waals surface area contributed by atoms with E-state index in [2.05, 4.69) is 29.8 Å². The molecule has 0 aromatic heterocycles. The number of rotatable bonds is 10. The Bertz CT molecular complexity index is 912. The third-order valence-electron chi connectivity index (χ3n) is 4.68. The van der Waals surface area contributed by atoms with Gasteiger partial charge in [0.25, 0.3) is 5.91 Å². The highest BCUT2D eigenvalue weighted by Crippen LogP contribution is 2.33. The molecule has 0 heterocycles. The molecular formula is C25H35N3O4. The van der Waals surface area contributed by atoms with Gasteiger partial charge < -0.3 is 25.4 Å². The van der Waals surface area contributed by atoms with Crippen molar-refractivity contribution in [2.24, 2.45) is 5.92 Å². The summed E-state index contributed by atoms with van der Waals surface area (Å²) < 4.78 is 11.4. The van der Waals surface area contributed by atoms with Crippen molar-refractivity contribution >= 4 is 17.6 Å². The van der Waals surface area contributed by atoms with E-state index in [0.717, 1.165) is 5.56 Å². The molecule has 0 aliphatic carbocycles. The standard InChI is InChI=1S/C25H35N3O4/c1-7-31-21-13-12-18(15-22(21)32-8-2)23(16(3)4)28-24(29)19-10-9-11-20(14-19)27-25(30)26-17(5)6/h9-17,23H,7-8H2,1-6H3,(H,28,29)(H2,26,27,30). The van der Waals surface area contributed by atoms with Crippen molar-refractivity contribution in [3.8, 4) is 11.5 Å². The van der Waals surface area contributed by atoms with Gasteiger partial charge in [-0.2, -0.15) is 0 Å². The van der Waals surface area contributed by atoms with E-state index in [9.17, 15) is 9.59 Å². The Morgan fingerprint density at radius 1 is 0.875 bits per heavy atom. The quantitative estimate of drug-likeness (QED) is 0.476. The number of carbonyl (C=O) groups excluding carboxylic acids is 2. The van der Waals surface area contributed by atoms with E-state index >= 15 is 0 Å². The number of benzene rings is 2. The van der Waals surface area contributed by atoms with Crippen LogP contribution in [0.2, 0.25) is 0 Å². The third kappa shape index (κ3) is 7.18. The largest absolute Gasteiger partial charge is 0.490 e. The summed E-state index contributed by atoms with van der Waals surface area (Å²) in [6.07, 6.45) is 0. The van der Waals surface area contributed by atoms with Gasteiger partial charge in [-0.15, -0.1) is 0 Å². The van der Waals surface area contributed by atoms with Crippen molar-refractivity contribution in [2.75, 3.05) is 18.5 Å². The number of amides is 3. The Hall–Kier alpha value is -3.22. The first-order valence-corrected chi connectivity index (χ1v) is 11.1. The molecule has 0 saturated carbocycles. The zero-order valence-electron chi connectivity index (χ0n) is 19.8. The first-order chi connectivity index (χ1) is 15.2. The van der Waals surface area contributed by atoms with Crippen molar-refractivity contribution in [2.45, 2.75) is 53.6 Å². The Morgan fingerprint density at radius 3 is 2.19 bits per heavy atom. The molecule has 0 aliphatic heterocycles. The zero-order valence-corrected chi connectivity index (χ0v) is 19.8. The summed E-state index contributed by atoms with van der Waals surface area (Å²) in [5, 5.41) is 8.64. The molecule has 2 rings (SSSR count). The summed E-state index contributed by atoms with van der Waals surface area (Å²) in [5.41, 5.74) is 1.96. The minimum atomic E-state index is -0.310. The predicted octanol–water partition coefficient (Wildman–Crippen LogP) is 5.14. The lowest BCUT2D eigenvalue weighted by atomic mass is 9.95. The highest BCUT2D eigenvalue weighted by molar-refractivity contribution is 5.97. The molecular weight excluding hydrogens is 406 g/mol. The molecule has 7 nitrogen and oxygen atoms in total. The van der Waals surface area contributed by atoms with Crippen LogP contribution in [0.4, 0.5) is 10.5 Å². The molecule has 0 bridgehead atoms. The van der Waals surface area contributed by atoms with Gasteiger partial charge in [0.05, 0.1) is 19.3 Å². The fourth-order valence-corrected chi connectivity index (χ4v) is 3.29. The SMILES string of the molecule is CCOc1ccc(C(NC(=O)c2cccc(NC(=O)NC(C)C)c2)C(C)C)cc1OCC. The second kappa shape index (κ2) is 12.0. The van der Waals surface area contributed by atoms with E-state index < -0.39 is 0 Å². The van der Waals surface area contributed by atoms with Gasteiger partial charge in [-0.05, 0) is 69.5 Å². The second-order valence-electron chi connectivity index (χ2n) is 8.10. The van der Waals surface area contributed by atoms with E-state index in [0.29, 0.717) is 36.0 Å². The molecule has 0 fully saturated rings. The summed E-state index contributed by atoms with van der Waals surface area (Å²) in [6.45, 7) is 12.8.